The lowest BCUT2D eigenvalue weighted by Gasteiger charge is -2.29. The second-order valence-electron chi connectivity index (χ2n) is 7.46. The first kappa shape index (κ1) is 20.7. The minimum atomic E-state index is -0.437. The number of rotatable bonds is 3. The Balaban J connectivity index is 1.87. The van der Waals surface area contributed by atoms with Crippen LogP contribution in [-0.2, 0) is 17.8 Å². The summed E-state index contributed by atoms with van der Waals surface area (Å²) in [5, 5.41) is 9.71. The van der Waals surface area contributed by atoms with Crippen molar-refractivity contribution in [1.29, 1.82) is 5.26 Å². The monoisotopic (exact) mass is 437 g/mol. The van der Waals surface area contributed by atoms with Crippen LogP contribution < -0.4 is 0 Å². The number of ether oxygens (including phenoxy) is 1. The lowest BCUT2D eigenvalue weighted by molar-refractivity contribution is 0.0683. The molecule has 158 valence electrons. The summed E-state index contributed by atoms with van der Waals surface area (Å²) < 4.78 is 8.55. The van der Waals surface area contributed by atoms with Gasteiger partial charge in [-0.15, -0.1) is 0 Å². The first-order valence-corrected chi connectivity index (χ1v) is 10.2. The number of carbonyl (C=O) groups excluding carboxylic acids is 2. The summed E-state index contributed by atoms with van der Waals surface area (Å²) in [6, 6.07) is 9.06. The fraction of sp³-hybridized carbons (Fsp3) is 0.273. The first-order chi connectivity index (χ1) is 14.9. The van der Waals surface area contributed by atoms with Crippen molar-refractivity contribution in [3.05, 3.63) is 65.0 Å². The third kappa shape index (κ3) is 3.80. The van der Waals surface area contributed by atoms with Gasteiger partial charge in [0.05, 0.1) is 35.5 Å². The minimum absolute atomic E-state index is 0.180. The number of benzene rings is 1. The molecule has 0 saturated carbocycles. The van der Waals surface area contributed by atoms with Crippen LogP contribution >= 0.6 is 11.6 Å². The highest BCUT2D eigenvalue weighted by Crippen LogP contribution is 2.39. The predicted octanol–water partition coefficient (Wildman–Crippen LogP) is 3.93. The third-order valence-electron chi connectivity index (χ3n) is 5.07. The van der Waals surface area contributed by atoms with Crippen LogP contribution in [0.1, 0.15) is 35.5 Å². The van der Waals surface area contributed by atoms with Crippen molar-refractivity contribution >= 4 is 23.6 Å². The minimum Gasteiger partial charge on any atom is -0.447 e. The van der Waals surface area contributed by atoms with Gasteiger partial charge in [-0.05, 0) is 31.5 Å². The van der Waals surface area contributed by atoms with Crippen molar-refractivity contribution < 1.29 is 14.3 Å². The zero-order chi connectivity index (χ0) is 22.1. The van der Waals surface area contributed by atoms with E-state index in [0.717, 1.165) is 0 Å². The number of fused-ring (bicyclic) bond motifs is 1. The van der Waals surface area contributed by atoms with Crippen LogP contribution in [-0.4, -0.2) is 43.7 Å². The van der Waals surface area contributed by atoms with Crippen LogP contribution in [0.3, 0.4) is 0 Å². The normalized spacial score (nSPS) is 13.1. The van der Waals surface area contributed by atoms with Crippen LogP contribution in [0.25, 0.3) is 11.1 Å². The molecule has 0 N–H and O–H groups in total. The predicted molar refractivity (Wildman–Crippen MR) is 114 cm³/mol. The highest BCUT2D eigenvalue weighted by atomic mass is 35.5. The Kier molecular flexibility index (Phi) is 5.53. The number of nitrogens with zero attached hydrogens (tertiary/aromatic N) is 5. The molecule has 9 heteroatoms. The van der Waals surface area contributed by atoms with E-state index in [1.165, 1.54) is 17.1 Å². The molecule has 8 nitrogen and oxygen atoms in total. The van der Waals surface area contributed by atoms with E-state index < -0.39 is 6.09 Å². The number of nitriles is 1. The molecule has 2 aromatic heterocycles. The van der Waals surface area contributed by atoms with E-state index in [1.54, 1.807) is 43.1 Å². The lowest BCUT2D eigenvalue weighted by atomic mass is 10.00. The Morgan fingerprint density at radius 1 is 1.29 bits per heavy atom. The molecule has 1 aliphatic heterocycles. The molecule has 1 aromatic carbocycles. The molecule has 0 saturated heterocycles. The molecular weight excluding hydrogens is 418 g/mol. The average molecular weight is 438 g/mol. The van der Waals surface area contributed by atoms with Gasteiger partial charge in [0.25, 0.3) is 5.91 Å². The maximum atomic E-state index is 13.4. The highest BCUT2D eigenvalue weighted by Gasteiger charge is 2.33. The molecule has 0 aliphatic carbocycles. The third-order valence-corrected chi connectivity index (χ3v) is 5.46. The summed E-state index contributed by atoms with van der Waals surface area (Å²) in [7, 11) is 0. The summed E-state index contributed by atoms with van der Waals surface area (Å²) in [4.78, 5) is 31.5. The Hall–Kier alpha value is -3.57. The van der Waals surface area contributed by atoms with Crippen molar-refractivity contribution in [2.45, 2.75) is 33.0 Å². The van der Waals surface area contributed by atoms with Gasteiger partial charge in [-0.3, -0.25) is 9.36 Å². The highest BCUT2D eigenvalue weighted by molar-refractivity contribution is 6.34. The molecule has 4 rings (SSSR count). The van der Waals surface area contributed by atoms with Crippen LogP contribution in [0.5, 0.6) is 0 Å². The van der Waals surface area contributed by atoms with Crippen LogP contribution in [0.2, 0.25) is 5.15 Å². The number of halogens is 1. The first-order valence-electron chi connectivity index (χ1n) is 9.80. The Morgan fingerprint density at radius 2 is 2.10 bits per heavy atom. The average Bonchev–Trinajstić information content (AvgIpc) is 3.39. The van der Waals surface area contributed by atoms with E-state index >= 15 is 0 Å². The molecule has 3 aromatic rings. The number of imidazole rings is 1. The largest absolute Gasteiger partial charge is 0.447 e. The van der Waals surface area contributed by atoms with E-state index in [9.17, 15) is 14.9 Å². The molecule has 0 radical (unpaired) electrons. The van der Waals surface area contributed by atoms with Gasteiger partial charge in [0.15, 0.2) is 0 Å². The van der Waals surface area contributed by atoms with Gasteiger partial charge in [-0.25, -0.2) is 9.78 Å². The maximum absolute atomic E-state index is 13.4. The topological polar surface area (TPSA) is 93.1 Å². The molecular formula is C22H20ClN5O3. The molecule has 0 fully saturated rings. The molecule has 0 unspecified atom stereocenters. The van der Waals surface area contributed by atoms with Crippen molar-refractivity contribution in [2.75, 3.05) is 6.54 Å². The van der Waals surface area contributed by atoms with Crippen molar-refractivity contribution in [2.24, 2.45) is 0 Å². The number of carbonyl (C=O) groups is 2. The number of aromatic nitrogens is 3. The van der Waals surface area contributed by atoms with E-state index in [-0.39, 0.29) is 18.6 Å². The quantitative estimate of drug-likeness (QED) is 0.619. The summed E-state index contributed by atoms with van der Waals surface area (Å²) in [5.74, 6) is -0.315. The zero-order valence-electron chi connectivity index (χ0n) is 17.1. The molecule has 0 bridgehead atoms. The van der Waals surface area contributed by atoms with E-state index in [2.05, 4.69) is 11.1 Å². The molecule has 1 aliphatic rings. The van der Waals surface area contributed by atoms with Crippen molar-refractivity contribution in [3.63, 3.8) is 0 Å². The van der Waals surface area contributed by atoms with Gasteiger partial charge in [-0.1, -0.05) is 23.7 Å². The maximum Gasteiger partial charge on any atom is 0.410 e. The second kappa shape index (κ2) is 8.28. The fourth-order valence-electron chi connectivity index (χ4n) is 3.69. The van der Waals surface area contributed by atoms with Gasteiger partial charge in [0.1, 0.15) is 11.5 Å². The van der Waals surface area contributed by atoms with Crippen molar-refractivity contribution in [3.8, 4) is 17.2 Å². The SMILES string of the molecule is CC(C)OC(=O)N1CCn2c(Cl)c(-c3cccc(C#N)c3)c(C(=O)n3ccnc3)c2C1. The summed E-state index contributed by atoms with van der Waals surface area (Å²) in [5.41, 5.74) is 2.64. The number of hydrogen-bond acceptors (Lipinski definition) is 5. The van der Waals surface area contributed by atoms with Crippen LogP contribution in [0.4, 0.5) is 4.79 Å². The standard InChI is InChI=1S/C22H20ClN5O3/c1-14(2)31-22(30)26-8-9-28-17(12-26)19(21(29)27-7-6-25-13-27)18(20(28)23)16-5-3-4-15(10-16)11-24/h3-7,10,13-14H,8-9,12H2,1-2H3. The van der Waals surface area contributed by atoms with Gasteiger partial charge >= 0.3 is 6.09 Å². The Labute approximate surface area is 184 Å². The molecule has 1 amide bonds. The van der Waals surface area contributed by atoms with Gasteiger partial charge < -0.3 is 14.2 Å². The van der Waals surface area contributed by atoms with E-state index in [4.69, 9.17) is 16.3 Å². The fourth-order valence-corrected chi connectivity index (χ4v) is 4.08. The Bertz CT molecular complexity index is 1190. The summed E-state index contributed by atoms with van der Waals surface area (Å²) >= 11 is 6.76. The van der Waals surface area contributed by atoms with Gasteiger partial charge in [0.2, 0.25) is 0 Å². The van der Waals surface area contributed by atoms with Gasteiger partial charge in [-0.2, -0.15) is 5.26 Å². The summed E-state index contributed by atoms with van der Waals surface area (Å²) in [6.45, 7) is 4.58. The van der Waals surface area contributed by atoms with Crippen LogP contribution in [0, 0.1) is 11.3 Å². The zero-order valence-corrected chi connectivity index (χ0v) is 17.8. The number of amides is 1. The lowest BCUT2D eigenvalue weighted by Crippen LogP contribution is -2.40. The van der Waals surface area contributed by atoms with E-state index in [1.807, 2.05) is 10.6 Å². The smallest absolute Gasteiger partial charge is 0.410 e. The molecule has 3 heterocycles. The number of hydrogen-bond donors (Lipinski definition) is 0. The van der Waals surface area contributed by atoms with E-state index in [0.29, 0.717) is 46.2 Å². The van der Waals surface area contributed by atoms with Crippen LogP contribution in [0.15, 0.2) is 43.0 Å². The van der Waals surface area contributed by atoms with Crippen molar-refractivity contribution in [1.82, 2.24) is 19.0 Å². The summed E-state index contributed by atoms with van der Waals surface area (Å²) in [6.07, 6.45) is 3.81. The molecule has 31 heavy (non-hydrogen) atoms. The Morgan fingerprint density at radius 3 is 2.77 bits per heavy atom. The molecule has 0 spiro atoms. The second-order valence-corrected chi connectivity index (χ2v) is 7.82. The van der Waals surface area contributed by atoms with Gasteiger partial charge in [0, 0.05) is 31.0 Å². The molecule has 0 atom stereocenters.